The van der Waals surface area contributed by atoms with Crippen molar-refractivity contribution < 1.29 is 14.6 Å². The van der Waals surface area contributed by atoms with Crippen molar-refractivity contribution in [1.29, 1.82) is 0 Å². The fourth-order valence-electron chi connectivity index (χ4n) is 3.37. The van der Waals surface area contributed by atoms with Gasteiger partial charge in [0.25, 0.3) is 0 Å². The Morgan fingerprint density at radius 1 is 1.21 bits per heavy atom. The van der Waals surface area contributed by atoms with Crippen molar-refractivity contribution in [2.45, 2.75) is 19.2 Å². The number of ether oxygens (including phenoxy) is 1. The molecule has 6 heteroatoms. The summed E-state index contributed by atoms with van der Waals surface area (Å²) in [5, 5.41) is 15.7. The Bertz CT molecular complexity index is 969. The van der Waals surface area contributed by atoms with Gasteiger partial charge in [0.2, 0.25) is 0 Å². The molecule has 0 saturated carbocycles. The third-order valence-corrected chi connectivity index (χ3v) is 5.30. The fraction of sp³-hybridized carbons (Fsp3) is 0.182. The monoisotopic (exact) mass is 438 g/mol. The first kappa shape index (κ1) is 18.5. The Morgan fingerprint density at radius 2 is 2.04 bits per heavy atom. The number of carbonyl (C=O) groups is 1. The lowest BCUT2D eigenvalue weighted by molar-refractivity contribution is -0.132. The topological polar surface area (TPSA) is 62.1 Å². The number of carboxylic acid groups (broad SMARTS) is 1. The zero-order valence-corrected chi connectivity index (χ0v) is 16.6. The molecule has 2 unspecified atom stereocenters. The highest BCUT2D eigenvalue weighted by molar-refractivity contribution is 9.10. The molecular formula is C22H19BrN2O3. The van der Waals surface area contributed by atoms with Crippen molar-refractivity contribution in [1.82, 2.24) is 5.01 Å². The predicted molar refractivity (Wildman–Crippen MR) is 111 cm³/mol. The Labute approximate surface area is 171 Å². The lowest BCUT2D eigenvalue weighted by atomic mass is 9.93. The third kappa shape index (κ3) is 4.02. The second-order valence-electron chi connectivity index (χ2n) is 6.74. The molecule has 1 aliphatic heterocycles. The van der Waals surface area contributed by atoms with E-state index in [0.717, 1.165) is 21.3 Å². The van der Waals surface area contributed by atoms with Gasteiger partial charge in [0, 0.05) is 22.2 Å². The van der Waals surface area contributed by atoms with E-state index in [9.17, 15) is 9.90 Å². The SMILES string of the molecule is O=C(O)C1=CC2C=NN(Cc3cc(Br)ccc3OCc3ccccc3)C2C=C1. The van der Waals surface area contributed by atoms with Crippen molar-refractivity contribution in [2.75, 3.05) is 0 Å². The minimum absolute atomic E-state index is 0.0176. The normalized spacial score (nSPS) is 20.0. The van der Waals surface area contributed by atoms with E-state index in [1.807, 2.05) is 59.6 Å². The molecule has 5 nitrogen and oxygen atoms in total. The summed E-state index contributed by atoms with van der Waals surface area (Å²) in [4.78, 5) is 11.2. The maximum atomic E-state index is 11.2. The molecule has 28 heavy (non-hydrogen) atoms. The average Bonchev–Trinajstić information content (AvgIpc) is 3.10. The van der Waals surface area contributed by atoms with Gasteiger partial charge in [-0.3, -0.25) is 5.01 Å². The summed E-state index contributed by atoms with van der Waals surface area (Å²) in [5.74, 6) is -0.130. The number of halogens is 1. The Morgan fingerprint density at radius 3 is 2.82 bits per heavy atom. The van der Waals surface area contributed by atoms with Crippen molar-refractivity contribution in [3.63, 3.8) is 0 Å². The van der Waals surface area contributed by atoms with Gasteiger partial charge in [0.1, 0.15) is 12.4 Å². The second-order valence-corrected chi connectivity index (χ2v) is 7.66. The fourth-order valence-corrected chi connectivity index (χ4v) is 3.78. The van der Waals surface area contributed by atoms with E-state index in [2.05, 4.69) is 21.0 Å². The maximum absolute atomic E-state index is 11.2. The van der Waals surface area contributed by atoms with Crippen LogP contribution in [0.3, 0.4) is 0 Å². The molecule has 0 fully saturated rings. The molecule has 142 valence electrons. The third-order valence-electron chi connectivity index (χ3n) is 4.81. The molecule has 0 aromatic heterocycles. The second kappa shape index (κ2) is 8.02. The van der Waals surface area contributed by atoms with Gasteiger partial charge >= 0.3 is 5.97 Å². The summed E-state index contributed by atoms with van der Waals surface area (Å²) in [6.45, 7) is 1.07. The highest BCUT2D eigenvalue weighted by Gasteiger charge is 2.31. The van der Waals surface area contributed by atoms with Gasteiger partial charge in [-0.05, 0) is 29.8 Å². The zero-order chi connectivity index (χ0) is 19.5. The van der Waals surface area contributed by atoms with Gasteiger partial charge in [0.05, 0.1) is 18.2 Å². The van der Waals surface area contributed by atoms with Crippen molar-refractivity contribution in [3.05, 3.63) is 87.9 Å². The summed E-state index contributed by atoms with van der Waals surface area (Å²) in [5.41, 5.74) is 2.44. The van der Waals surface area contributed by atoms with Crippen LogP contribution in [0, 0.1) is 5.92 Å². The van der Waals surface area contributed by atoms with Gasteiger partial charge < -0.3 is 9.84 Å². The largest absolute Gasteiger partial charge is 0.489 e. The number of nitrogens with zero attached hydrogens (tertiary/aromatic N) is 2. The quantitative estimate of drug-likeness (QED) is 0.725. The van der Waals surface area contributed by atoms with Crippen LogP contribution in [0.15, 0.2) is 81.9 Å². The highest BCUT2D eigenvalue weighted by atomic mass is 79.9. The molecule has 1 N–H and O–H groups in total. The number of fused-ring (bicyclic) bond motifs is 1. The van der Waals surface area contributed by atoms with Crippen molar-refractivity contribution in [3.8, 4) is 5.75 Å². The number of hydrogen-bond donors (Lipinski definition) is 1. The molecule has 2 aromatic rings. The first-order valence-corrected chi connectivity index (χ1v) is 9.78. The Kier molecular flexibility index (Phi) is 5.30. The molecule has 2 atom stereocenters. The van der Waals surface area contributed by atoms with Gasteiger partial charge in [-0.25, -0.2) is 4.79 Å². The molecule has 1 heterocycles. The molecule has 0 spiro atoms. The Balaban J connectivity index is 1.49. The van der Waals surface area contributed by atoms with Crippen LogP contribution in [0.1, 0.15) is 11.1 Å². The summed E-state index contributed by atoms with van der Waals surface area (Å²) in [6, 6.07) is 16.0. The molecule has 1 aliphatic carbocycles. The molecule has 2 aliphatic rings. The molecular weight excluding hydrogens is 420 g/mol. The maximum Gasteiger partial charge on any atom is 0.335 e. The van der Waals surface area contributed by atoms with Crippen molar-refractivity contribution in [2.24, 2.45) is 11.0 Å². The van der Waals surface area contributed by atoms with Crippen LogP contribution in [0.25, 0.3) is 0 Å². The summed E-state index contributed by atoms with van der Waals surface area (Å²) < 4.78 is 7.04. The van der Waals surface area contributed by atoms with E-state index in [0.29, 0.717) is 18.7 Å². The van der Waals surface area contributed by atoms with E-state index in [1.54, 1.807) is 18.4 Å². The van der Waals surface area contributed by atoms with E-state index >= 15 is 0 Å². The molecule has 4 rings (SSSR count). The number of hydrazone groups is 1. The number of hydrogen-bond acceptors (Lipinski definition) is 4. The average molecular weight is 439 g/mol. The predicted octanol–water partition coefficient (Wildman–Crippen LogP) is 4.40. The molecule has 0 amide bonds. The van der Waals surface area contributed by atoms with Crippen LogP contribution in [-0.4, -0.2) is 28.3 Å². The van der Waals surface area contributed by atoms with Crippen LogP contribution in [0.2, 0.25) is 0 Å². The van der Waals surface area contributed by atoms with Gasteiger partial charge in [-0.1, -0.05) is 58.4 Å². The molecule has 0 saturated heterocycles. The smallest absolute Gasteiger partial charge is 0.335 e. The number of benzene rings is 2. The number of carboxylic acids is 1. The number of rotatable bonds is 6. The van der Waals surface area contributed by atoms with E-state index in [1.165, 1.54) is 0 Å². The standard InChI is InChI=1S/C22H19BrN2O3/c23-19-7-9-21(28-14-15-4-2-1-3-5-15)18(11-19)13-25-20-8-6-16(22(26)27)10-17(20)12-24-25/h1-12,17,20H,13-14H2,(H,26,27). The van der Waals surface area contributed by atoms with Crippen LogP contribution in [0.5, 0.6) is 5.75 Å². The number of aliphatic carboxylic acids is 1. The zero-order valence-electron chi connectivity index (χ0n) is 15.0. The summed E-state index contributed by atoms with van der Waals surface area (Å²) in [7, 11) is 0. The van der Waals surface area contributed by atoms with Gasteiger partial charge in [-0.2, -0.15) is 5.10 Å². The first-order chi connectivity index (χ1) is 13.6. The highest BCUT2D eigenvalue weighted by Crippen LogP contribution is 2.31. The Hall–Kier alpha value is -2.86. The molecule has 2 aromatic carbocycles. The molecule has 0 radical (unpaired) electrons. The van der Waals surface area contributed by atoms with Crippen molar-refractivity contribution >= 4 is 28.1 Å². The van der Waals surface area contributed by atoms with Crippen LogP contribution in [0.4, 0.5) is 0 Å². The summed E-state index contributed by atoms with van der Waals surface area (Å²) in [6.07, 6.45) is 7.12. The first-order valence-electron chi connectivity index (χ1n) is 8.99. The minimum atomic E-state index is -0.912. The lowest BCUT2D eigenvalue weighted by Crippen LogP contribution is -2.31. The van der Waals surface area contributed by atoms with Crippen LogP contribution >= 0.6 is 15.9 Å². The minimum Gasteiger partial charge on any atom is -0.489 e. The lowest BCUT2D eigenvalue weighted by Gasteiger charge is -2.27. The van der Waals surface area contributed by atoms with E-state index < -0.39 is 5.97 Å². The van der Waals surface area contributed by atoms with Gasteiger partial charge in [0.15, 0.2) is 0 Å². The molecule has 0 bridgehead atoms. The van der Waals surface area contributed by atoms with E-state index in [-0.39, 0.29) is 12.0 Å². The van der Waals surface area contributed by atoms with Crippen LogP contribution in [-0.2, 0) is 17.9 Å². The summed E-state index contributed by atoms with van der Waals surface area (Å²) >= 11 is 3.53. The van der Waals surface area contributed by atoms with Gasteiger partial charge in [-0.15, -0.1) is 0 Å². The van der Waals surface area contributed by atoms with E-state index in [4.69, 9.17) is 4.74 Å². The van der Waals surface area contributed by atoms with Crippen LogP contribution < -0.4 is 4.74 Å².